The molecule has 30 heavy (non-hydrogen) atoms. The van der Waals surface area contributed by atoms with Crippen LogP contribution in [0.2, 0.25) is 0 Å². The summed E-state index contributed by atoms with van der Waals surface area (Å²) in [5.41, 5.74) is 6.31. The van der Waals surface area contributed by atoms with Crippen LogP contribution in [0.1, 0.15) is 28.1 Å². The van der Waals surface area contributed by atoms with E-state index in [1.54, 1.807) is 0 Å². The van der Waals surface area contributed by atoms with Crippen LogP contribution in [-0.4, -0.2) is 60.5 Å². The summed E-state index contributed by atoms with van der Waals surface area (Å²) >= 11 is 0. The van der Waals surface area contributed by atoms with Crippen LogP contribution in [-0.2, 0) is 31.3 Å². The summed E-state index contributed by atoms with van der Waals surface area (Å²) in [6.07, 6.45) is 0.930. The van der Waals surface area contributed by atoms with Gasteiger partial charge in [0.2, 0.25) is 0 Å². The van der Waals surface area contributed by atoms with Crippen LogP contribution in [0.15, 0.2) is 29.3 Å². The van der Waals surface area contributed by atoms with Gasteiger partial charge in [0, 0.05) is 52.5 Å². The maximum absolute atomic E-state index is 5.46. The van der Waals surface area contributed by atoms with Gasteiger partial charge in [-0.1, -0.05) is 24.3 Å². The Morgan fingerprint density at radius 3 is 2.47 bits per heavy atom. The molecule has 0 amide bonds. The second-order valence-electron chi connectivity index (χ2n) is 7.53. The topological polar surface area (TPSA) is 66.7 Å². The lowest BCUT2D eigenvalue weighted by Crippen LogP contribution is -2.38. The van der Waals surface area contributed by atoms with E-state index in [0.29, 0.717) is 0 Å². The normalized spacial score (nSPS) is 15.0. The number of ether oxygens (including phenoxy) is 1. The largest absolute Gasteiger partial charge is 0.379 e. The van der Waals surface area contributed by atoms with Gasteiger partial charge in [-0.3, -0.25) is 14.6 Å². The fraction of sp³-hybridized carbons (Fsp3) is 0.545. The Kier molecular flexibility index (Phi) is 10.1. The van der Waals surface area contributed by atoms with Crippen LogP contribution in [0.25, 0.3) is 0 Å². The maximum Gasteiger partial charge on any atom is 0.191 e. The molecule has 1 aliphatic heterocycles. The first-order chi connectivity index (χ1) is 14.1. The average molecular weight is 526 g/mol. The third-order valence-electron chi connectivity index (χ3n) is 5.61. The van der Waals surface area contributed by atoms with Crippen molar-refractivity contribution < 1.29 is 4.74 Å². The van der Waals surface area contributed by atoms with Gasteiger partial charge in [-0.25, -0.2) is 0 Å². The van der Waals surface area contributed by atoms with Gasteiger partial charge in [-0.2, -0.15) is 5.10 Å². The van der Waals surface area contributed by atoms with Crippen molar-refractivity contribution in [1.82, 2.24) is 25.3 Å². The van der Waals surface area contributed by atoms with E-state index < -0.39 is 0 Å². The minimum atomic E-state index is 0. The highest BCUT2D eigenvalue weighted by Gasteiger charge is 2.13. The lowest BCUT2D eigenvalue weighted by Gasteiger charge is -2.27. The van der Waals surface area contributed by atoms with Crippen molar-refractivity contribution in [1.29, 1.82) is 0 Å². The number of benzene rings is 1. The second-order valence-corrected chi connectivity index (χ2v) is 7.53. The first-order valence-electron chi connectivity index (χ1n) is 10.4. The van der Waals surface area contributed by atoms with Crippen molar-refractivity contribution >= 4 is 29.9 Å². The molecule has 0 radical (unpaired) electrons. The van der Waals surface area contributed by atoms with Crippen molar-refractivity contribution in [2.45, 2.75) is 33.4 Å². The zero-order valence-corrected chi connectivity index (χ0v) is 20.9. The Hall–Kier alpha value is -1.65. The van der Waals surface area contributed by atoms with Crippen LogP contribution in [0.3, 0.4) is 0 Å². The quantitative estimate of drug-likeness (QED) is 0.330. The second kappa shape index (κ2) is 12.3. The number of aryl methyl sites for hydroxylation is 2. The van der Waals surface area contributed by atoms with Crippen LogP contribution in [0.5, 0.6) is 0 Å². The number of aromatic nitrogens is 2. The minimum absolute atomic E-state index is 0. The summed E-state index contributed by atoms with van der Waals surface area (Å²) in [6, 6.07) is 8.63. The van der Waals surface area contributed by atoms with Crippen LogP contribution in [0, 0.1) is 13.8 Å². The molecule has 1 aromatic carbocycles. The number of morpholine rings is 1. The fourth-order valence-corrected chi connectivity index (χ4v) is 3.77. The highest BCUT2D eigenvalue weighted by Crippen LogP contribution is 2.13. The third kappa shape index (κ3) is 6.68. The van der Waals surface area contributed by atoms with E-state index in [4.69, 9.17) is 4.74 Å². The van der Waals surface area contributed by atoms with Crippen LogP contribution < -0.4 is 10.6 Å². The summed E-state index contributed by atoms with van der Waals surface area (Å²) in [7, 11) is 3.81. The van der Waals surface area contributed by atoms with Gasteiger partial charge in [0.05, 0.1) is 18.9 Å². The van der Waals surface area contributed by atoms with Crippen molar-refractivity contribution in [2.24, 2.45) is 12.0 Å². The Morgan fingerprint density at radius 1 is 1.13 bits per heavy atom. The van der Waals surface area contributed by atoms with Crippen molar-refractivity contribution in [3.05, 3.63) is 52.3 Å². The number of hydrogen-bond acceptors (Lipinski definition) is 4. The smallest absolute Gasteiger partial charge is 0.191 e. The molecule has 1 aliphatic rings. The first-order valence-corrected chi connectivity index (χ1v) is 10.4. The van der Waals surface area contributed by atoms with Crippen molar-refractivity contribution in [3.8, 4) is 0 Å². The van der Waals surface area contributed by atoms with E-state index >= 15 is 0 Å². The van der Waals surface area contributed by atoms with Gasteiger partial charge < -0.3 is 15.4 Å². The monoisotopic (exact) mass is 526 g/mol. The van der Waals surface area contributed by atoms with Gasteiger partial charge in [0.25, 0.3) is 0 Å². The number of rotatable bonds is 7. The highest BCUT2D eigenvalue weighted by atomic mass is 127. The first kappa shape index (κ1) is 24.6. The summed E-state index contributed by atoms with van der Waals surface area (Å²) in [6.45, 7) is 10.4. The molecule has 7 nitrogen and oxygen atoms in total. The average Bonchev–Trinajstić information content (AvgIpc) is 2.98. The molecule has 2 heterocycles. The van der Waals surface area contributed by atoms with E-state index in [0.717, 1.165) is 64.0 Å². The molecule has 166 valence electrons. The van der Waals surface area contributed by atoms with E-state index in [1.165, 1.54) is 22.4 Å². The Morgan fingerprint density at radius 2 is 1.83 bits per heavy atom. The molecule has 0 atom stereocenters. The van der Waals surface area contributed by atoms with E-state index in [2.05, 4.69) is 63.7 Å². The number of nitrogens with zero attached hydrogens (tertiary/aromatic N) is 4. The maximum atomic E-state index is 5.46. The van der Waals surface area contributed by atoms with Crippen molar-refractivity contribution in [3.63, 3.8) is 0 Å². The predicted molar refractivity (Wildman–Crippen MR) is 133 cm³/mol. The van der Waals surface area contributed by atoms with Gasteiger partial charge in [-0.05, 0) is 37.0 Å². The summed E-state index contributed by atoms with van der Waals surface area (Å²) in [5.74, 6) is 0.824. The van der Waals surface area contributed by atoms with Crippen LogP contribution in [0.4, 0.5) is 0 Å². The van der Waals surface area contributed by atoms with E-state index in [9.17, 15) is 0 Å². The molecule has 8 heteroatoms. The molecular weight excluding hydrogens is 491 g/mol. The highest BCUT2D eigenvalue weighted by molar-refractivity contribution is 14.0. The van der Waals surface area contributed by atoms with E-state index in [1.807, 2.05) is 18.8 Å². The Bertz CT molecular complexity index is 829. The van der Waals surface area contributed by atoms with Gasteiger partial charge >= 0.3 is 0 Å². The number of guanidine groups is 1. The predicted octanol–water partition coefficient (Wildman–Crippen LogP) is 2.39. The van der Waals surface area contributed by atoms with E-state index in [-0.39, 0.29) is 24.0 Å². The lowest BCUT2D eigenvalue weighted by atomic mass is 10.1. The number of aliphatic imine (C=N–C) groups is 1. The third-order valence-corrected chi connectivity index (χ3v) is 5.61. The summed E-state index contributed by atoms with van der Waals surface area (Å²) in [5, 5.41) is 11.4. The number of halogens is 1. The van der Waals surface area contributed by atoms with Crippen LogP contribution >= 0.6 is 24.0 Å². The lowest BCUT2D eigenvalue weighted by molar-refractivity contribution is 0.0341. The van der Waals surface area contributed by atoms with Gasteiger partial charge in [-0.15, -0.1) is 24.0 Å². The number of hydrogen-bond donors (Lipinski definition) is 2. The minimum Gasteiger partial charge on any atom is -0.379 e. The number of nitrogens with one attached hydrogen (secondary N) is 2. The fourth-order valence-electron chi connectivity index (χ4n) is 3.77. The Labute approximate surface area is 197 Å². The molecule has 0 bridgehead atoms. The molecule has 1 aromatic heterocycles. The molecular formula is C22H35IN6O. The molecule has 3 rings (SSSR count). The summed E-state index contributed by atoms with van der Waals surface area (Å²) < 4.78 is 7.41. The van der Waals surface area contributed by atoms with Gasteiger partial charge in [0.1, 0.15) is 0 Å². The molecule has 1 fully saturated rings. The molecule has 0 aliphatic carbocycles. The van der Waals surface area contributed by atoms with Gasteiger partial charge in [0.15, 0.2) is 5.96 Å². The molecule has 2 N–H and O–H groups in total. The summed E-state index contributed by atoms with van der Waals surface area (Å²) in [4.78, 5) is 6.83. The molecule has 0 spiro atoms. The molecule has 0 saturated carbocycles. The zero-order chi connectivity index (χ0) is 20.6. The molecule has 0 unspecified atom stereocenters. The SMILES string of the molecule is CN=C(NCCc1c(C)nn(C)c1C)NCc1ccccc1CN1CCOCC1.I. The standard InChI is InChI=1S/C22H34N6O.HI/c1-17-21(18(2)27(4)26-17)9-10-24-22(23-3)25-15-19-7-5-6-8-20(19)16-28-11-13-29-14-12-28;/h5-8H,9-16H2,1-4H3,(H2,23,24,25);1H. The zero-order valence-electron chi connectivity index (χ0n) is 18.6. The molecule has 1 saturated heterocycles. The Balaban J connectivity index is 0.00000320. The molecule has 2 aromatic rings. The van der Waals surface area contributed by atoms with Crippen molar-refractivity contribution in [2.75, 3.05) is 39.9 Å².